The van der Waals surface area contributed by atoms with Gasteiger partial charge in [-0.25, -0.2) is 0 Å². The van der Waals surface area contributed by atoms with E-state index in [2.05, 4.69) is 0 Å². The highest BCUT2D eigenvalue weighted by molar-refractivity contribution is 6.33. The van der Waals surface area contributed by atoms with Crippen LogP contribution in [0.1, 0.15) is 56.7 Å². The Morgan fingerprint density at radius 3 is 2.53 bits per heavy atom. The third kappa shape index (κ3) is 3.32. The summed E-state index contributed by atoms with van der Waals surface area (Å²) in [6.07, 6.45) is -6.65. The predicted molar refractivity (Wildman–Crippen MR) is 146 cm³/mol. The Kier molecular flexibility index (Phi) is 6.15. The lowest BCUT2D eigenvalue weighted by Gasteiger charge is -2.51. The van der Waals surface area contributed by atoms with Gasteiger partial charge in [0.05, 0.1) is 28.6 Å². The third-order valence-electron chi connectivity index (χ3n) is 8.80. The number of aliphatic hydroxyl groups is 3. The number of amides is 1. The Balaban J connectivity index is 1.59. The van der Waals surface area contributed by atoms with E-state index < -0.39 is 53.3 Å². The summed E-state index contributed by atoms with van der Waals surface area (Å²) < 4.78 is 34.3. The zero-order valence-electron chi connectivity index (χ0n) is 23.2. The van der Waals surface area contributed by atoms with Crippen LogP contribution < -0.4 is 10.2 Å². The highest BCUT2D eigenvalue weighted by Gasteiger charge is 2.62. The normalized spacial score (nSPS) is 29.1. The van der Waals surface area contributed by atoms with E-state index in [9.17, 15) is 30.0 Å². The highest BCUT2D eigenvalue weighted by atomic mass is 35.5. The Morgan fingerprint density at radius 2 is 1.86 bits per heavy atom. The molecule has 3 aromatic rings. The molecule has 4 aliphatic rings. The zero-order chi connectivity index (χ0) is 30.7. The van der Waals surface area contributed by atoms with Crippen LogP contribution in [0.25, 0.3) is 16.7 Å². The lowest BCUT2D eigenvalue weighted by molar-refractivity contribution is -0.158. The van der Waals surface area contributed by atoms with Crippen molar-refractivity contribution in [3.8, 4) is 11.5 Å². The van der Waals surface area contributed by atoms with Gasteiger partial charge in [0, 0.05) is 38.0 Å². The summed E-state index contributed by atoms with van der Waals surface area (Å²) >= 11 is 6.28. The van der Waals surface area contributed by atoms with Gasteiger partial charge < -0.3 is 53.4 Å². The SMILES string of the molecule is COc1c(Cl)ccc2c(=O)c3c(oc12)C1=C2[C@H](OCO1)[C@H](OC)c1cc4c(c(O)c1[C@]2(O)[C@@H]3O)C(=O)N(C)[C@@H](OC)[C@H]4O. The fourth-order valence-corrected chi connectivity index (χ4v) is 7.11. The number of benzene rings is 2. The smallest absolute Gasteiger partial charge is 0.259 e. The lowest BCUT2D eigenvalue weighted by atomic mass is 9.63. The fourth-order valence-electron chi connectivity index (χ4n) is 6.88. The van der Waals surface area contributed by atoms with Crippen molar-refractivity contribution in [1.82, 2.24) is 4.90 Å². The number of nitrogens with zero attached hydrogens (tertiary/aromatic N) is 1. The molecule has 0 bridgehead atoms. The minimum Gasteiger partial charge on any atom is -0.507 e. The molecule has 14 heteroatoms. The topological polar surface area (TPSA) is 178 Å². The molecule has 0 unspecified atom stereocenters. The molecule has 6 atom stereocenters. The number of carbonyl (C=O) groups excluding carboxylic acids is 1. The van der Waals surface area contributed by atoms with Crippen molar-refractivity contribution >= 4 is 34.2 Å². The van der Waals surface area contributed by atoms with Crippen LogP contribution in [0.3, 0.4) is 0 Å². The summed E-state index contributed by atoms with van der Waals surface area (Å²) in [5.74, 6) is -1.67. The number of methoxy groups -OCH3 is 3. The van der Waals surface area contributed by atoms with Gasteiger partial charge in [-0.1, -0.05) is 11.6 Å². The molecule has 1 amide bonds. The number of fused-ring (bicyclic) bond motifs is 6. The molecule has 3 heterocycles. The van der Waals surface area contributed by atoms with Gasteiger partial charge in [0.2, 0.25) is 0 Å². The number of carbonyl (C=O) groups is 1. The number of ether oxygens (including phenoxy) is 5. The van der Waals surface area contributed by atoms with Gasteiger partial charge in [-0.15, -0.1) is 0 Å². The predicted octanol–water partition coefficient (Wildman–Crippen LogP) is 1.97. The molecule has 4 N–H and O–H groups in total. The number of aliphatic hydroxyl groups excluding tert-OH is 2. The Hall–Kier alpha value is -3.69. The number of rotatable bonds is 3. The zero-order valence-corrected chi connectivity index (χ0v) is 24.0. The minimum atomic E-state index is -2.57. The first-order valence-electron chi connectivity index (χ1n) is 13.2. The number of halogens is 1. The van der Waals surface area contributed by atoms with E-state index >= 15 is 0 Å². The maximum Gasteiger partial charge on any atom is 0.259 e. The summed E-state index contributed by atoms with van der Waals surface area (Å²) in [5, 5.41) is 47.6. The number of phenols is 1. The minimum absolute atomic E-state index is 0.00121. The standard InChI is InChI=1S/C29H26ClNO12/c1-31-27(36)13-10(18(33)28(31)40-4)7-11-15(19(13)34)29(37)16-24(20(11)38-2)41-8-42-25(16)23-14(26(29)35)17(32)9-5-6-12(30)22(39-3)21(9)43-23/h5-7,18,20,24,26,28,33-35,37H,8H2,1-4H3/t18-,20+,24-,26+,28-,29+/m0/s1. The molecular weight excluding hydrogens is 590 g/mol. The summed E-state index contributed by atoms with van der Waals surface area (Å²) in [4.78, 5) is 28.5. The molecule has 13 nitrogen and oxygen atoms in total. The van der Waals surface area contributed by atoms with Gasteiger partial charge in [-0.3, -0.25) is 9.59 Å². The van der Waals surface area contributed by atoms with E-state index in [1.807, 2.05) is 0 Å². The van der Waals surface area contributed by atoms with Crippen molar-refractivity contribution in [1.29, 1.82) is 0 Å². The number of likely N-dealkylation sites (N-methyl/N-ethyl adjacent to an activating group) is 1. The molecule has 2 aliphatic carbocycles. The van der Waals surface area contributed by atoms with Crippen LogP contribution >= 0.6 is 11.6 Å². The molecule has 1 aromatic heterocycles. The average Bonchev–Trinajstić information content (AvgIpc) is 2.99. The van der Waals surface area contributed by atoms with Crippen LogP contribution in [0.5, 0.6) is 11.5 Å². The lowest BCUT2D eigenvalue weighted by Crippen LogP contribution is -2.54. The van der Waals surface area contributed by atoms with E-state index in [4.69, 9.17) is 39.7 Å². The second kappa shape index (κ2) is 9.40. The second-order valence-corrected chi connectivity index (χ2v) is 11.1. The molecule has 2 aliphatic heterocycles. The number of aromatic hydroxyl groups is 1. The molecule has 0 radical (unpaired) electrons. The van der Waals surface area contributed by atoms with Crippen LogP contribution in [0.15, 0.2) is 33.0 Å². The maximum atomic E-state index is 14.0. The van der Waals surface area contributed by atoms with Crippen molar-refractivity contribution in [2.45, 2.75) is 36.2 Å². The fraction of sp³-hybridized carbons (Fsp3) is 0.379. The molecular formula is C29H26ClNO12. The molecule has 0 spiro atoms. The van der Waals surface area contributed by atoms with Gasteiger partial charge in [0.15, 0.2) is 46.9 Å². The van der Waals surface area contributed by atoms with E-state index in [0.29, 0.717) is 0 Å². The van der Waals surface area contributed by atoms with Gasteiger partial charge in [0.1, 0.15) is 30.2 Å². The summed E-state index contributed by atoms with van der Waals surface area (Å²) in [7, 11) is 5.43. The Morgan fingerprint density at radius 1 is 1.12 bits per heavy atom. The summed E-state index contributed by atoms with van der Waals surface area (Å²) in [6.45, 7) is -0.354. The van der Waals surface area contributed by atoms with Crippen molar-refractivity contribution in [2.75, 3.05) is 35.2 Å². The molecule has 0 fully saturated rings. The van der Waals surface area contributed by atoms with E-state index in [-0.39, 0.29) is 73.4 Å². The van der Waals surface area contributed by atoms with Crippen molar-refractivity contribution < 1.29 is 53.3 Å². The summed E-state index contributed by atoms with van der Waals surface area (Å²) in [6, 6.07) is 4.23. The van der Waals surface area contributed by atoms with Gasteiger partial charge >= 0.3 is 0 Å². The Bertz CT molecular complexity index is 1830. The first kappa shape index (κ1) is 28.1. The quantitative estimate of drug-likeness (QED) is 0.337. The first-order valence-corrected chi connectivity index (χ1v) is 13.5. The van der Waals surface area contributed by atoms with E-state index in [0.717, 1.165) is 4.90 Å². The monoisotopic (exact) mass is 615 g/mol. The van der Waals surface area contributed by atoms with Crippen molar-refractivity contribution in [3.63, 3.8) is 0 Å². The van der Waals surface area contributed by atoms with Crippen LogP contribution in [0, 0.1) is 0 Å². The molecule has 0 saturated carbocycles. The number of hydrogen-bond acceptors (Lipinski definition) is 12. The average molecular weight is 616 g/mol. The summed E-state index contributed by atoms with van der Waals surface area (Å²) in [5.41, 5.74) is -4.24. The van der Waals surface area contributed by atoms with Crippen LogP contribution in [-0.4, -0.2) is 78.7 Å². The van der Waals surface area contributed by atoms with Crippen molar-refractivity contribution in [3.05, 3.63) is 72.6 Å². The van der Waals surface area contributed by atoms with Crippen molar-refractivity contribution in [2.24, 2.45) is 0 Å². The van der Waals surface area contributed by atoms with Crippen LogP contribution in [-0.2, 0) is 24.5 Å². The molecule has 7 rings (SSSR count). The highest BCUT2D eigenvalue weighted by Crippen LogP contribution is 2.62. The van der Waals surface area contributed by atoms with Gasteiger partial charge in [-0.05, 0) is 23.8 Å². The molecule has 0 saturated heterocycles. The molecule has 43 heavy (non-hydrogen) atoms. The first-order chi connectivity index (χ1) is 20.5. The largest absolute Gasteiger partial charge is 0.507 e. The van der Waals surface area contributed by atoms with Crippen LogP contribution in [0.4, 0.5) is 0 Å². The molecule has 2 aromatic carbocycles. The number of phenolic OH excluding ortho intramolecular Hbond substituents is 1. The third-order valence-corrected chi connectivity index (χ3v) is 9.09. The van der Waals surface area contributed by atoms with Gasteiger partial charge in [0.25, 0.3) is 5.91 Å². The number of hydrogen-bond donors (Lipinski definition) is 4. The molecule has 226 valence electrons. The Labute approximate surface area is 248 Å². The second-order valence-electron chi connectivity index (χ2n) is 10.7. The van der Waals surface area contributed by atoms with Crippen LogP contribution in [0.2, 0.25) is 5.02 Å². The van der Waals surface area contributed by atoms with Gasteiger partial charge in [-0.2, -0.15) is 0 Å². The van der Waals surface area contributed by atoms with E-state index in [1.165, 1.54) is 46.6 Å². The maximum absolute atomic E-state index is 14.0. The van der Waals surface area contributed by atoms with E-state index in [1.54, 1.807) is 0 Å².